The molecule has 0 aliphatic heterocycles. The van der Waals surface area contributed by atoms with Crippen molar-refractivity contribution >= 4 is 40.4 Å². The second kappa shape index (κ2) is 8.01. The lowest BCUT2D eigenvalue weighted by atomic mass is 10.1. The van der Waals surface area contributed by atoms with Gasteiger partial charge in [0.1, 0.15) is 5.69 Å². The van der Waals surface area contributed by atoms with Crippen molar-refractivity contribution in [2.24, 2.45) is 0 Å². The molecule has 136 valence electrons. The van der Waals surface area contributed by atoms with Crippen LogP contribution in [-0.4, -0.2) is 16.7 Å². The Morgan fingerprint density at radius 3 is 2.26 bits per heavy atom. The van der Waals surface area contributed by atoms with E-state index < -0.39 is 0 Å². The highest BCUT2D eigenvalue weighted by Crippen LogP contribution is 2.21. The second-order valence-corrected chi connectivity index (χ2v) is 6.54. The number of nitrogens with one attached hydrogen (secondary N) is 2. The molecule has 0 aliphatic carbocycles. The Morgan fingerprint density at radius 2 is 1.67 bits per heavy atom. The second-order valence-electron chi connectivity index (χ2n) is 6.10. The van der Waals surface area contributed by atoms with Crippen LogP contribution >= 0.6 is 11.6 Å². The van der Waals surface area contributed by atoms with Gasteiger partial charge in [-0.15, -0.1) is 0 Å². The number of carbonyl (C=O) groups excluding carboxylic acids is 2. The highest BCUT2D eigenvalue weighted by molar-refractivity contribution is 6.30. The van der Waals surface area contributed by atoms with E-state index in [1.807, 2.05) is 19.1 Å². The van der Waals surface area contributed by atoms with Crippen LogP contribution in [0, 0.1) is 6.92 Å². The lowest BCUT2D eigenvalue weighted by Crippen LogP contribution is -2.14. The molecule has 0 bridgehead atoms. The molecule has 2 N–H and O–H groups in total. The van der Waals surface area contributed by atoms with Crippen molar-refractivity contribution in [2.45, 2.75) is 13.8 Å². The summed E-state index contributed by atoms with van der Waals surface area (Å²) in [6, 6.07) is 15.8. The van der Waals surface area contributed by atoms with Crippen molar-refractivity contribution in [1.82, 2.24) is 4.98 Å². The SMILES string of the molecule is CC(=O)c1ccc(Nc2ccc(C(=O)Nc3ccc(Cl)cc3C)nc2)cc1. The predicted molar refractivity (Wildman–Crippen MR) is 108 cm³/mol. The van der Waals surface area contributed by atoms with E-state index in [-0.39, 0.29) is 11.7 Å². The van der Waals surface area contributed by atoms with Gasteiger partial charge in [-0.1, -0.05) is 11.6 Å². The van der Waals surface area contributed by atoms with Crippen LogP contribution in [0.4, 0.5) is 17.1 Å². The lowest BCUT2D eigenvalue weighted by Gasteiger charge is -2.10. The molecule has 3 rings (SSSR count). The van der Waals surface area contributed by atoms with Crippen LogP contribution in [0.3, 0.4) is 0 Å². The third-order valence-electron chi connectivity index (χ3n) is 4.01. The normalized spacial score (nSPS) is 10.3. The first-order valence-corrected chi connectivity index (χ1v) is 8.72. The molecule has 3 aromatic rings. The zero-order valence-electron chi connectivity index (χ0n) is 14.9. The monoisotopic (exact) mass is 379 g/mol. The lowest BCUT2D eigenvalue weighted by molar-refractivity contribution is 0.101. The van der Waals surface area contributed by atoms with Gasteiger partial charge < -0.3 is 10.6 Å². The fourth-order valence-electron chi connectivity index (χ4n) is 2.51. The van der Waals surface area contributed by atoms with Gasteiger partial charge in [0.15, 0.2) is 5.78 Å². The number of nitrogens with zero attached hydrogens (tertiary/aromatic N) is 1. The molecule has 1 amide bonds. The molecule has 0 radical (unpaired) electrons. The number of rotatable bonds is 5. The molecule has 6 heteroatoms. The minimum atomic E-state index is -0.294. The van der Waals surface area contributed by atoms with Crippen molar-refractivity contribution < 1.29 is 9.59 Å². The van der Waals surface area contributed by atoms with E-state index in [1.54, 1.807) is 48.7 Å². The molecular weight excluding hydrogens is 362 g/mol. The number of benzene rings is 2. The van der Waals surface area contributed by atoms with Gasteiger partial charge in [-0.25, -0.2) is 4.98 Å². The zero-order chi connectivity index (χ0) is 19.4. The Hall–Kier alpha value is -3.18. The van der Waals surface area contributed by atoms with E-state index in [1.165, 1.54) is 6.92 Å². The largest absolute Gasteiger partial charge is 0.354 e. The number of aryl methyl sites for hydroxylation is 1. The molecule has 1 aromatic heterocycles. The molecule has 5 nitrogen and oxygen atoms in total. The number of hydrogen-bond donors (Lipinski definition) is 2. The van der Waals surface area contributed by atoms with Gasteiger partial charge >= 0.3 is 0 Å². The Bertz CT molecular complexity index is 983. The van der Waals surface area contributed by atoms with Crippen molar-refractivity contribution in [3.63, 3.8) is 0 Å². The Morgan fingerprint density at radius 1 is 0.963 bits per heavy atom. The minimum Gasteiger partial charge on any atom is -0.354 e. The third-order valence-corrected chi connectivity index (χ3v) is 4.25. The van der Waals surface area contributed by atoms with E-state index in [0.29, 0.717) is 22.0 Å². The fourth-order valence-corrected chi connectivity index (χ4v) is 2.74. The van der Waals surface area contributed by atoms with Crippen LogP contribution < -0.4 is 10.6 Å². The van der Waals surface area contributed by atoms with Gasteiger partial charge in [0.2, 0.25) is 0 Å². The average molecular weight is 380 g/mol. The van der Waals surface area contributed by atoms with Crippen LogP contribution in [0.25, 0.3) is 0 Å². The molecule has 0 atom stereocenters. The number of Topliss-reactive ketones (excluding diaryl/α,β-unsaturated/α-hetero) is 1. The molecule has 0 fully saturated rings. The summed E-state index contributed by atoms with van der Waals surface area (Å²) in [7, 11) is 0. The van der Waals surface area contributed by atoms with Gasteiger partial charge in [0.05, 0.1) is 11.9 Å². The van der Waals surface area contributed by atoms with Crippen molar-refractivity contribution in [3.8, 4) is 0 Å². The quantitative estimate of drug-likeness (QED) is 0.594. The maximum absolute atomic E-state index is 12.4. The van der Waals surface area contributed by atoms with Crippen molar-refractivity contribution in [1.29, 1.82) is 0 Å². The number of amides is 1. The van der Waals surface area contributed by atoms with Gasteiger partial charge in [-0.3, -0.25) is 9.59 Å². The number of carbonyl (C=O) groups is 2. The molecular formula is C21H18ClN3O2. The third kappa shape index (κ3) is 4.71. The molecule has 2 aromatic carbocycles. The molecule has 0 spiro atoms. The van der Waals surface area contributed by atoms with Crippen molar-refractivity contribution in [2.75, 3.05) is 10.6 Å². The van der Waals surface area contributed by atoms with Gasteiger partial charge in [0.25, 0.3) is 5.91 Å². The van der Waals surface area contributed by atoms with Crippen LogP contribution in [0.15, 0.2) is 60.8 Å². The summed E-state index contributed by atoms with van der Waals surface area (Å²) in [4.78, 5) is 27.9. The summed E-state index contributed by atoms with van der Waals surface area (Å²) < 4.78 is 0. The number of halogens is 1. The van der Waals surface area contributed by atoms with Gasteiger partial charge in [-0.2, -0.15) is 0 Å². The molecule has 0 saturated carbocycles. The van der Waals surface area contributed by atoms with E-state index in [0.717, 1.165) is 16.9 Å². The molecule has 1 heterocycles. The Labute approximate surface area is 162 Å². The zero-order valence-corrected chi connectivity index (χ0v) is 15.7. The molecule has 0 saturated heterocycles. The Kier molecular flexibility index (Phi) is 5.52. The number of pyridine rings is 1. The standard InChI is InChI=1S/C21H18ClN3O2/c1-13-11-16(22)5-9-19(13)25-21(27)20-10-8-18(12-23-20)24-17-6-3-15(4-7-17)14(2)26/h3-12,24H,1-2H3,(H,25,27). The maximum Gasteiger partial charge on any atom is 0.274 e. The average Bonchev–Trinajstić information content (AvgIpc) is 2.65. The van der Waals surface area contributed by atoms with Gasteiger partial charge in [0, 0.05) is 22.0 Å². The highest BCUT2D eigenvalue weighted by atomic mass is 35.5. The maximum atomic E-state index is 12.4. The van der Waals surface area contributed by atoms with E-state index in [4.69, 9.17) is 11.6 Å². The van der Waals surface area contributed by atoms with Crippen LogP contribution in [0.2, 0.25) is 5.02 Å². The number of hydrogen-bond acceptors (Lipinski definition) is 4. The number of ketones is 1. The summed E-state index contributed by atoms with van der Waals surface area (Å²) in [5.41, 5.74) is 4.10. The molecule has 27 heavy (non-hydrogen) atoms. The Balaban J connectivity index is 1.67. The van der Waals surface area contributed by atoms with E-state index in [2.05, 4.69) is 15.6 Å². The molecule has 0 unspecified atom stereocenters. The topological polar surface area (TPSA) is 71.1 Å². The van der Waals surface area contributed by atoms with Gasteiger partial charge in [-0.05, 0) is 74.0 Å². The van der Waals surface area contributed by atoms with Crippen molar-refractivity contribution in [3.05, 3.63) is 82.6 Å². The summed E-state index contributed by atoms with van der Waals surface area (Å²) >= 11 is 5.93. The molecule has 0 aliphatic rings. The summed E-state index contributed by atoms with van der Waals surface area (Å²) in [5.74, 6) is -0.271. The smallest absolute Gasteiger partial charge is 0.274 e. The van der Waals surface area contributed by atoms with E-state index >= 15 is 0 Å². The predicted octanol–water partition coefficient (Wildman–Crippen LogP) is 5.24. The highest BCUT2D eigenvalue weighted by Gasteiger charge is 2.09. The fraction of sp³-hybridized carbons (Fsp3) is 0.0952. The number of aromatic nitrogens is 1. The summed E-state index contributed by atoms with van der Waals surface area (Å²) in [6.07, 6.45) is 1.59. The first kappa shape index (κ1) is 18.6. The number of anilines is 3. The van der Waals surface area contributed by atoms with Crippen LogP contribution in [0.5, 0.6) is 0 Å². The first-order valence-electron chi connectivity index (χ1n) is 8.34. The van der Waals surface area contributed by atoms with Crippen LogP contribution in [-0.2, 0) is 0 Å². The summed E-state index contributed by atoms with van der Waals surface area (Å²) in [6.45, 7) is 3.40. The first-order chi connectivity index (χ1) is 12.9. The van der Waals surface area contributed by atoms with Crippen LogP contribution in [0.1, 0.15) is 33.3 Å². The summed E-state index contributed by atoms with van der Waals surface area (Å²) in [5, 5.41) is 6.63. The van der Waals surface area contributed by atoms with E-state index in [9.17, 15) is 9.59 Å². The minimum absolute atomic E-state index is 0.0227.